The Morgan fingerprint density at radius 2 is 1.74 bits per heavy atom. The van der Waals surface area contributed by atoms with Gasteiger partial charge in [-0.05, 0) is 69.1 Å². The summed E-state index contributed by atoms with van der Waals surface area (Å²) in [6.07, 6.45) is 9.60. The summed E-state index contributed by atoms with van der Waals surface area (Å²) >= 11 is 2.78. The predicted octanol–water partition coefficient (Wildman–Crippen LogP) is 3.00. The maximum atomic E-state index is 12.4. The van der Waals surface area contributed by atoms with Crippen LogP contribution >= 0.6 is 23.1 Å². The van der Waals surface area contributed by atoms with Crippen LogP contribution in [0, 0.1) is 17.8 Å². The average molecular weight is 408 g/mol. The van der Waals surface area contributed by atoms with Gasteiger partial charge in [-0.3, -0.25) is 10.1 Å². The van der Waals surface area contributed by atoms with Gasteiger partial charge in [0, 0.05) is 11.6 Å². The van der Waals surface area contributed by atoms with E-state index in [0.29, 0.717) is 6.04 Å². The van der Waals surface area contributed by atoms with Crippen LogP contribution in [0.25, 0.3) is 0 Å². The van der Waals surface area contributed by atoms with E-state index in [-0.39, 0.29) is 23.2 Å². The Labute approximate surface area is 166 Å². The lowest BCUT2D eigenvalue weighted by Crippen LogP contribution is -2.61. The number of hydrogen-bond acceptors (Lipinski definition) is 7. The Balaban J connectivity index is 1.09. The molecule has 0 saturated heterocycles. The number of aromatic nitrogens is 2. The van der Waals surface area contributed by atoms with Crippen molar-refractivity contribution in [2.24, 2.45) is 17.8 Å². The monoisotopic (exact) mass is 407 g/mol. The van der Waals surface area contributed by atoms with Crippen molar-refractivity contribution in [3.63, 3.8) is 0 Å². The molecule has 5 saturated carbocycles. The highest BCUT2D eigenvalue weighted by Crippen LogP contribution is 2.55. The molecule has 5 aliphatic rings. The van der Waals surface area contributed by atoms with E-state index in [9.17, 15) is 9.59 Å². The van der Waals surface area contributed by atoms with Gasteiger partial charge in [0.25, 0.3) is 0 Å². The third-order valence-electron chi connectivity index (χ3n) is 6.31. The van der Waals surface area contributed by atoms with Crippen LogP contribution in [-0.2, 0) is 4.79 Å². The van der Waals surface area contributed by atoms with E-state index in [1.54, 1.807) is 0 Å². The van der Waals surface area contributed by atoms with Crippen LogP contribution in [0.2, 0.25) is 0 Å². The number of imide groups is 1. The molecule has 7 nitrogen and oxygen atoms in total. The maximum Gasteiger partial charge on any atom is 0.321 e. The second kappa shape index (κ2) is 6.92. The molecule has 0 spiro atoms. The first-order valence-corrected chi connectivity index (χ1v) is 11.7. The lowest BCUT2D eigenvalue weighted by atomic mass is 9.53. The number of carbonyl (C=O) groups excluding carboxylic acids is 2. The fourth-order valence-corrected chi connectivity index (χ4v) is 7.18. The van der Waals surface area contributed by atoms with Crippen molar-refractivity contribution in [3.05, 3.63) is 0 Å². The fourth-order valence-electron chi connectivity index (χ4n) is 5.55. The maximum absolute atomic E-state index is 12.4. The van der Waals surface area contributed by atoms with Crippen LogP contribution in [0.1, 0.15) is 51.4 Å². The van der Waals surface area contributed by atoms with Gasteiger partial charge in [-0.25, -0.2) is 4.79 Å². The van der Waals surface area contributed by atoms with Crippen molar-refractivity contribution >= 4 is 40.2 Å². The van der Waals surface area contributed by atoms with E-state index in [1.807, 2.05) is 0 Å². The summed E-state index contributed by atoms with van der Waals surface area (Å²) in [5, 5.41) is 17.9. The molecule has 146 valence electrons. The van der Waals surface area contributed by atoms with Gasteiger partial charge in [0.2, 0.25) is 11.0 Å². The first-order chi connectivity index (χ1) is 13.1. The summed E-state index contributed by atoms with van der Waals surface area (Å²) in [5.41, 5.74) is -0.0745. The highest BCUT2D eigenvalue weighted by atomic mass is 32.2. The minimum atomic E-state index is -0.337. The van der Waals surface area contributed by atoms with E-state index in [0.717, 1.165) is 46.5 Å². The van der Waals surface area contributed by atoms with E-state index in [4.69, 9.17) is 0 Å². The smallest absolute Gasteiger partial charge is 0.321 e. The Morgan fingerprint density at radius 1 is 1.07 bits per heavy atom. The zero-order valence-corrected chi connectivity index (χ0v) is 16.8. The number of urea groups is 1. The molecule has 0 aromatic carbocycles. The molecule has 1 heterocycles. The summed E-state index contributed by atoms with van der Waals surface area (Å²) < 4.78 is 0.745. The molecule has 5 fully saturated rings. The lowest BCUT2D eigenvalue weighted by molar-refractivity contribution is -0.117. The molecule has 0 radical (unpaired) electrons. The molecule has 6 rings (SSSR count). The first kappa shape index (κ1) is 17.7. The van der Waals surface area contributed by atoms with Gasteiger partial charge in [0.15, 0.2) is 4.34 Å². The number of hydrogen-bond donors (Lipinski definition) is 3. The average Bonchev–Trinajstić information content (AvgIpc) is 3.27. The summed E-state index contributed by atoms with van der Waals surface area (Å²) in [5.74, 6) is 2.18. The zero-order valence-electron chi connectivity index (χ0n) is 15.2. The third kappa shape index (κ3) is 4.08. The van der Waals surface area contributed by atoms with Gasteiger partial charge in [-0.1, -0.05) is 23.1 Å². The zero-order chi connectivity index (χ0) is 18.4. The molecule has 0 aliphatic heterocycles. The summed E-state index contributed by atoms with van der Waals surface area (Å²) in [7, 11) is 0. The minimum absolute atomic E-state index is 0.0745. The number of rotatable bonds is 6. The second-order valence-corrected chi connectivity index (χ2v) is 11.0. The molecule has 27 heavy (non-hydrogen) atoms. The molecule has 0 atom stereocenters. The Bertz CT molecular complexity index is 713. The van der Waals surface area contributed by atoms with Crippen LogP contribution in [0.5, 0.6) is 0 Å². The van der Waals surface area contributed by atoms with Crippen molar-refractivity contribution in [3.8, 4) is 0 Å². The van der Waals surface area contributed by atoms with Crippen LogP contribution in [0.3, 0.4) is 0 Å². The van der Waals surface area contributed by atoms with Crippen LogP contribution in [0.4, 0.5) is 9.93 Å². The Morgan fingerprint density at radius 3 is 2.37 bits per heavy atom. The normalized spacial score (nSPS) is 33.7. The van der Waals surface area contributed by atoms with Gasteiger partial charge in [-0.2, -0.15) is 0 Å². The molecular formula is C18H25N5O2S2. The first-order valence-electron chi connectivity index (χ1n) is 9.90. The topological polar surface area (TPSA) is 96.0 Å². The molecule has 1 aromatic heterocycles. The Kier molecular flexibility index (Phi) is 4.54. The van der Waals surface area contributed by atoms with E-state index in [2.05, 4.69) is 26.1 Å². The molecular weight excluding hydrogens is 382 g/mol. The second-order valence-electron chi connectivity index (χ2n) is 8.78. The quantitative estimate of drug-likeness (QED) is 0.628. The van der Waals surface area contributed by atoms with Crippen molar-refractivity contribution < 1.29 is 9.59 Å². The van der Waals surface area contributed by atoms with Crippen LogP contribution in [-0.4, -0.2) is 39.5 Å². The molecule has 4 bridgehead atoms. The van der Waals surface area contributed by atoms with Gasteiger partial charge in [0.1, 0.15) is 0 Å². The van der Waals surface area contributed by atoms with E-state index >= 15 is 0 Å². The number of carbonyl (C=O) groups is 2. The minimum Gasteiger partial charge on any atom is -0.357 e. The molecule has 9 heteroatoms. The highest BCUT2D eigenvalue weighted by molar-refractivity contribution is 8.01. The van der Waals surface area contributed by atoms with Crippen LogP contribution < -0.4 is 16.0 Å². The van der Waals surface area contributed by atoms with Crippen molar-refractivity contribution in [2.75, 3.05) is 11.1 Å². The molecule has 3 N–H and O–H groups in total. The van der Waals surface area contributed by atoms with Crippen molar-refractivity contribution in [1.29, 1.82) is 0 Å². The highest BCUT2D eigenvalue weighted by Gasteiger charge is 2.51. The third-order valence-corrected chi connectivity index (χ3v) is 8.30. The fraction of sp³-hybridized carbons (Fsp3) is 0.778. The van der Waals surface area contributed by atoms with Gasteiger partial charge in [-0.15, -0.1) is 10.2 Å². The number of nitrogens with one attached hydrogen (secondary N) is 3. The summed E-state index contributed by atoms with van der Waals surface area (Å²) in [6.45, 7) is 0. The Hall–Kier alpha value is -1.35. The van der Waals surface area contributed by atoms with Crippen LogP contribution in [0.15, 0.2) is 4.34 Å². The number of nitrogens with zero attached hydrogens (tertiary/aromatic N) is 2. The number of thioether (sulfide) groups is 1. The van der Waals surface area contributed by atoms with E-state index < -0.39 is 0 Å². The SMILES string of the molecule is O=C(CSc1nnc(NC2CC2)s1)NC(=O)NC12CC3CC(CC(C3)C1)C2. The molecule has 1 aromatic rings. The molecule has 3 amide bonds. The predicted molar refractivity (Wildman–Crippen MR) is 105 cm³/mol. The van der Waals surface area contributed by atoms with Gasteiger partial charge >= 0.3 is 6.03 Å². The number of amides is 3. The lowest BCUT2D eigenvalue weighted by Gasteiger charge is -2.56. The molecule has 0 unspecified atom stereocenters. The standard InChI is InChI=1S/C18H25N5O2S2/c24-14(9-26-17-23-22-16(27-17)19-13-1-2-13)20-15(25)21-18-6-10-3-11(7-18)5-12(4-10)8-18/h10-13H,1-9H2,(H,19,22)(H2,20,21,24,25). The summed E-state index contributed by atoms with van der Waals surface area (Å²) in [6, 6.07) is 0.197. The molecule has 5 aliphatic carbocycles. The van der Waals surface area contributed by atoms with Crippen molar-refractivity contribution in [2.45, 2.75) is 67.3 Å². The largest absolute Gasteiger partial charge is 0.357 e. The van der Waals surface area contributed by atoms with Crippen molar-refractivity contribution in [1.82, 2.24) is 20.8 Å². The number of anilines is 1. The summed E-state index contributed by atoms with van der Waals surface area (Å²) in [4.78, 5) is 24.5. The van der Waals surface area contributed by atoms with Gasteiger partial charge in [0.05, 0.1) is 5.75 Å². The van der Waals surface area contributed by atoms with Gasteiger partial charge < -0.3 is 10.6 Å². The van der Waals surface area contributed by atoms with E-state index in [1.165, 1.54) is 55.2 Å².